The van der Waals surface area contributed by atoms with E-state index in [2.05, 4.69) is 10.6 Å². The van der Waals surface area contributed by atoms with Crippen LogP contribution in [-0.4, -0.2) is 17.1 Å². The second kappa shape index (κ2) is 10.2. The molecule has 160 valence electrons. The predicted molar refractivity (Wildman–Crippen MR) is 133 cm³/mol. The number of nitrogens with one attached hydrogen (secondary N) is 2. The van der Waals surface area contributed by atoms with Crippen LogP contribution in [0.5, 0.6) is 0 Å². The molecule has 4 aromatic carbocycles. The fourth-order valence-electron chi connectivity index (χ4n) is 3.43. The molecule has 0 aliphatic rings. The molecule has 2 N–H and O–H groups in total. The molecule has 1 atom stereocenters. The van der Waals surface area contributed by atoms with Crippen LogP contribution in [0.1, 0.15) is 12.5 Å². The predicted octanol–water partition coefficient (Wildman–Crippen LogP) is 6.14. The first-order valence-corrected chi connectivity index (χ1v) is 11.4. The molecule has 0 saturated heterocycles. The van der Waals surface area contributed by atoms with Crippen molar-refractivity contribution in [3.63, 3.8) is 0 Å². The Bertz CT molecular complexity index is 1220. The molecule has 4 aromatic rings. The minimum Gasteiger partial charge on any atom is -0.326 e. The topological polar surface area (TPSA) is 58.2 Å². The van der Waals surface area contributed by atoms with Gasteiger partial charge < -0.3 is 10.6 Å². The molecule has 0 heterocycles. The summed E-state index contributed by atoms with van der Waals surface area (Å²) in [6, 6.07) is 31.1. The first kappa shape index (κ1) is 21.7. The van der Waals surface area contributed by atoms with Crippen LogP contribution in [0.25, 0.3) is 10.8 Å². The van der Waals surface area contributed by atoms with Gasteiger partial charge in [0.2, 0.25) is 11.8 Å². The van der Waals surface area contributed by atoms with Crippen molar-refractivity contribution in [3.05, 3.63) is 103 Å². The lowest BCUT2D eigenvalue weighted by atomic mass is 10.1. The monoisotopic (exact) mass is 440 g/mol. The highest BCUT2D eigenvalue weighted by molar-refractivity contribution is 8.00. The Morgan fingerprint density at radius 3 is 2.25 bits per heavy atom. The molecule has 32 heavy (non-hydrogen) atoms. The van der Waals surface area contributed by atoms with E-state index >= 15 is 0 Å². The van der Waals surface area contributed by atoms with E-state index in [1.807, 2.05) is 104 Å². The Kier molecular flexibility index (Phi) is 6.87. The van der Waals surface area contributed by atoms with Gasteiger partial charge in [-0.2, -0.15) is 0 Å². The van der Waals surface area contributed by atoms with E-state index in [0.29, 0.717) is 6.42 Å². The van der Waals surface area contributed by atoms with Crippen LogP contribution in [-0.2, 0) is 16.0 Å². The summed E-state index contributed by atoms with van der Waals surface area (Å²) in [5.74, 6) is -0.106. The van der Waals surface area contributed by atoms with E-state index in [4.69, 9.17) is 0 Å². The van der Waals surface area contributed by atoms with Crippen LogP contribution in [0.4, 0.5) is 11.4 Å². The van der Waals surface area contributed by atoms with Gasteiger partial charge in [0.05, 0.1) is 11.7 Å². The largest absolute Gasteiger partial charge is 0.326 e. The van der Waals surface area contributed by atoms with Gasteiger partial charge in [-0.05, 0) is 48.2 Å². The first-order chi connectivity index (χ1) is 15.6. The van der Waals surface area contributed by atoms with Crippen LogP contribution in [0, 0.1) is 0 Å². The molecule has 0 radical (unpaired) electrons. The number of carbonyl (C=O) groups is 2. The smallest absolute Gasteiger partial charge is 0.237 e. The van der Waals surface area contributed by atoms with Crippen molar-refractivity contribution in [2.24, 2.45) is 0 Å². The molecule has 0 aromatic heterocycles. The van der Waals surface area contributed by atoms with E-state index in [-0.39, 0.29) is 17.1 Å². The van der Waals surface area contributed by atoms with Crippen molar-refractivity contribution < 1.29 is 9.59 Å². The van der Waals surface area contributed by atoms with Gasteiger partial charge in [0.1, 0.15) is 0 Å². The van der Waals surface area contributed by atoms with Gasteiger partial charge in [0.25, 0.3) is 0 Å². The number of hydrogen-bond acceptors (Lipinski definition) is 3. The fourth-order valence-corrected chi connectivity index (χ4v) is 4.30. The zero-order chi connectivity index (χ0) is 22.3. The molecule has 1 unspecified atom stereocenters. The number of rotatable bonds is 7. The normalized spacial score (nSPS) is 11.7. The second-order valence-corrected chi connectivity index (χ2v) is 8.93. The summed E-state index contributed by atoms with van der Waals surface area (Å²) in [6.45, 7) is 1.89. The molecular weight excluding hydrogens is 416 g/mol. The molecule has 0 saturated carbocycles. The number of amides is 2. The number of carbonyl (C=O) groups excluding carboxylic acids is 2. The highest BCUT2D eigenvalue weighted by atomic mass is 32.2. The highest BCUT2D eigenvalue weighted by Gasteiger charge is 2.16. The summed E-state index contributed by atoms with van der Waals surface area (Å²) in [4.78, 5) is 26.0. The van der Waals surface area contributed by atoms with Crippen LogP contribution in [0.2, 0.25) is 0 Å². The minimum atomic E-state index is -0.271. The van der Waals surface area contributed by atoms with E-state index in [1.54, 1.807) is 0 Å². The van der Waals surface area contributed by atoms with Crippen molar-refractivity contribution in [2.75, 3.05) is 10.6 Å². The summed E-state index contributed by atoms with van der Waals surface area (Å²) in [5.41, 5.74) is 2.53. The standard InChI is InChI=1S/C27H24N2O2S/c1-19(27(31)29-25-13-7-11-21-10-5-6-12-24(21)25)32-23-16-14-22(15-17-23)28-26(30)18-20-8-3-2-4-9-20/h2-17,19H,18H2,1H3,(H,28,30)(H,29,31). The Morgan fingerprint density at radius 2 is 1.47 bits per heavy atom. The number of anilines is 2. The fraction of sp³-hybridized carbons (Fsp3) is 0.111. The zero-order valence-corrected chi connectivity index (χ0v) is 18.6. The quantitative estimate of drug-likeness (QED) is 0.339. The van der Waals surface area contributed by atoms with Gasteiger partial charge in [-0.15, -0.1) is 11.8 Å². The van der Waals surface area contributed by atoms with E-state index in [1.165, 1.54) is 11.8 Å². The van der Waals surface area contributed by atoms with E-state index < -0.39 is 0 Å². The van der Waals surface area contributed by atoms with Gasteiger partial charge in [0.15, 0.2) is 0 Å². The lowest BCUT2D eigenvalue weighted by molar-refractivity contribution is -0.116. The van der Waals surface area contributed by atoms with Crippen molar-refractivity contribution in [1.29, 1.82) is 0 Å². The lowest BCUT2D eigenvalue weighted by Crippen LogP contribution is -2.22. The molecule has 4 nitrogen and oxygen atoms in total. The van der Waals surface area contributed by atoms with Crippen molar-refractivity contribution in [2.45, 2.75) is 23.5 Å². The van der Waals surface area contributed by atoms with Crippen molar-refractivity contribution in [1.82, 2.24) is 0 Å². The number of benzene rings is 4. The number of hydrogen-bond donors (Lipinski definition) is 2. The molecule has 5 heteroatoms. The van der Waals surface area contributed by atoms with Crippen LogP contribution < -0.4 is 10.6 Å². The van der Waals surface area contributed by atoms with Crippen LogP contribution in [0.3, 0.4) is 0 Å². The highest BCUT2D eigenvalue weighted by Crippen LogP contribution is 2.27. The molecule has 0 aliphatic carbocycles. The SMILES string of the molecule is CC(Sc1ccc(NC(=O)Cc2ccccc2)cc1)C(=O)Nc1cccc2ccccc12. The van der Waals surface area contributed by atoms with Gasteiger partial charge in [-0.1, -0.05) is 66.7 Å². The molecule has 0 fully saturated rings. The summed E-state index contributed by atoms with van der Waals surface area (Å²) >= 11 is 1.48. The van der Waals surface area contributed by atoms with Gasteiger partial charge >= 0.3 is 0 Å². The number of thioether (sulfide) groups is 1. The Balaban J connectivity index is 1.33. The second-order valence-electron chi connectivity index (χ2n) is 7.51. The molecule has 4 rings (SSSR count). The average molecular weight is 441 g/mol. The van der Waals surface area contributed by atoms with Gasteiger partial charge in [0, 0.05) is 21.7 Å². The van der Waals surface area contributed by atoms with Gasteiger partial charge in [-0.3, -0.25) is 9.59 Å². The lowest BCUT2D eigenvalue weighted by Gasteiger charge is -2.14. The molecular formula is C27H24N2O2S. The third-order valence-electron chi connectivity index (χ3n) is 5.08. The summed E-state index contributed by atoms with van der Waals surface area (Å²) < 4.78 is 0. The maximum absolute atomic E-state index is 12.8. The zero-order valence-electron chi connectivity index (χ0n) is 17.7. The Hall–Kier alpha value is -3.57. The Labute approximate surface area is 192 Å². The third-order valence-corrected chi connectivity index (χ3v) is 6.19. The minimum absolute atomic E-state index is 0.0495. The third kappa shape index (κ3) is 5.56. The van der Waals surface area contributed by atoms with Gasteiger partial charge in [-0.25, -0.2) is 0 Å². The maximum Gasteiger partial charge on any atom is 0.237 e. The summed E-state index contributed by atoms with van der Waals surface area (Å²) in [7, 11) is 0. The van der Waals surface area contributed by atoms with Crippen molar-refractivity contribution >= 4 is 45.7 Å². The van der Waals surface area contributed by atoms with Crippen molar-refractivity contribution in [3.8, 4) is 0 Å². The number of fused-ring (bicyclic) bond motifs is 1. The Morgan fingerprint density at radius 1 is 0.781 bits per heavy atom. The average Bonchev–Trinajstić information content (AvgIpc) is 2.81. The van der Waals surface area contributed by atoms with E-state index in [0.717, 1.165) is 32.6 Å². The molecule has 0 spiro atoms. The van der Waals surface area contributed by atoms with E-state index in [9.17, 15) is 9.59 Å². The maximum atomic E-state index is 12.8. The summed E-state index contributed by atoms with van der Waals surface area (Å²) in [5, 5.41) is 7.81. The summed E-state index contributed by atoms with van der Waals surface area (Å²) in [6.07, 6.45) is 0.336. The van der Waals surface area contributed by atoms with Crippen LogP contribution in [0.15, 0.2) is 102 Å². The molecule has 0 aliphatic heterocycles. The molecule has 2 amide bonds. The van der Waals surface area contributed by atoms with Crippen LogP contribution >= 0.6 is 11.8 Å². The molecule has 0 bridgehead atoms. The first-order valence-electron chi connectivity index (χ1n) is 10.5.